The van der Waals surface area contributed by atoms with E-state index >= 15 is 0 Å². The first kappa shape index (κ1) is 10.2. The molecule has 17 heavy (non-hydrogen) atoms. The van der Waals surface area contributed by atoms with Crippen molar-refractivity contribution in [1.82, 2.24) is 0 Å². The van der Waals surface area contributed by atoms with Crippen LogP contribution in [0.2, 0.25) is 0 Å². The third kappa shape index (κ3) is 1.39. The monoisotopic (exact) mass is 227 g/mol. The Bertz CT molecular complexity index is 524. The molecule has 4 heteroatoms. The van der Waals surface area contributed by atoms with Crippen LogP contribution in [0.5, 0.6) is 0 Å². The molecule has 1 heterocycles. The van der Waals surface area contributed by atoms with Crippen molar-refractivity contribution < 1.29 is 4.79 Å². The Morgan fingerprint density at radius 2 is 2.06 bits per heavy atom. The number of carbonyl (C=O) groups excluding carboxylic acids is 1. The number of benzene rings is 1. The maximum atomic E-state index is 12.2. The van der Waals surface area contributed by atoms with Crippen molar-refractivity contribution >= 4 is 17.3 Å². The first-order valence-corrected chi connectivity index (χ1v) is 5.88. The SMILES string of the molecule is N#Cc1cccc2c1NC(=O)C1(CCCC1)N2. The first-order valence-electron chi connectivity index (χ1n) is 5.88. The fourth-order valence-electron chi connectivity index (χ4n) is 2.76. The van der Waals surface area contributed by atoms with Crippen LogP contribution in [0.4, 0.5) is 11.4 Å². The van der Waals surface area contributed by atoms with Crippen LogP contribution < -0.4 is 10.6 Å². The first-order chi connectivity index (χ1) is 8.25. The summed E-state index contributed by atoms with van der Waals surface area (Å²) in [4.78, 5) is 12.2. The van der Waals surface area contributed by atoms with E-state index in [0.29, 0.717) is 11.3 Å². The highest BCUT2D eigenvalue weighted by Gasteiger charge is 2.44. The van der Waals surface area contributed by atoms with Crippen molar-refractivity contribution in [3.05, 3.63) is 23.8 Å². The molecule has 1 aliphatic heterocycles. The molecule has 1 aromatic rings. The Hall–Kier alpha value is -2.02. The molecule has 0 unspecified atom stereocenters. The van der Waals surface area contributed by atoms with Gasteiger partial charge in [-0.05, 0) is 25.0 Å². The van der Waals surface area contributed by atoms with Crippen LogP contribution in [0, 0.1) is 11.3 Å². The molecule has 1 saturated carbocycles. The van der Waals surface area contributed by atoms with Gasteiger partial charge in [0.2, 0.25) is 5.91 Å². The number of hydrogen-bond acceptors (Lipinski definition) is 3. The molecular weight excluding hydrogens is 214 g/mol. The number of anilines is 2. The van der Waals surface area contributed by atoms with Gasteiger partial charge >= 0.3 is 0 Å². The molecule has 1 fully saturated rings. The van der Waals surface area contributed by atoms with Crippen molar-refractivity contribution in [3.8, 4) is 6.07 Å². The predicted octanol–water partition coefficient (Wildman–Crippen LogP) is 2.24. The lowest BCUT2D eigenvalue weighted by Gasteiger charge is -2.35. The van der Waals surface area contributed by atoms with E-state index in [-0.39, 0.29) is 5.91 Å². The van der Waals surface area contributed by atoms with E-state index in [2.05, 4.69) is 16.7 Å². The minimum Gasteiger partial charge on any atom is -0.369 e. The van der Waals surface area contributed by atoms with Gasteiger partial charge in [0.1, 0.15) is 11.6 Å². The molecule has 86 valence electrons. The Morgan fingerprint density at radius 3 is 2.76 bits per heavy atom. The van der Waals surface area contributed by atoms with Gasteiger partial charge in [0.25, 0.3) is 0 Å². The third-order valence-corrected chi connectivity index (χ3v) is 3.69. The van der Waals surface area contributed by atoms with E-state index < -0.39 is 5.54 Å². The van der Waals surface area contributed by atoms with Gasteiger partial charge in [0.15, 0.2) is 0 Å². The summed E-state index contributed by atoms with van der Waals surface area (Å²) in [6.07, 6.45) is 3.89. The van der Waals surface area contributed by atoms with E-state index in [1.54, 1.807) is 6.07 Å². The normalized spacial score (nSPS) is 20.3. The van der Waals surface area contributed by atoms with Gasteiger partial charge in [-0.25, -0.2) is 0 Å². The number of amides is 1. The average Bonchev–Trinajstić information content (AvgIpc) is 2.80. The quantitative estimate of drug-likeness (QED) is 0.714. The summed E-state index contributed by atoms with van der Waals surface area (Å²) in [6, 6.07) is 7.57. The molecule has 0 radical (unpaired) electrons. The van der Waals surface area contributed by atoms with Gasteiger partial charge in [0, 0.05) is 0 Å². The summed E-state index contributed by atoms with van der Waals surface area (Å²) < 4.78 is 0. The number of hydrogen-bond donors (Lipinski definition) is 2. The molecule has 2 N–H and O–H groups in total. The lowest BCUT2D eigenvalue weighted by atomic mass is 9.92. The summed E-state index contributed by atoms with van der Waals surface area (Å²) in [5, 5.41) is 15.2. The zero-order valence-corrected chi connectivity index (χ0v) is 9.42. The van der Waals surface area contributed by atoms with Crippen LogP contribution in [-0.2, 0) is 4.79 Å². The van der Waals surface area contributed by atoms with Crippen molar-refractivity contribution in [2.45, 2.75) is 31.2 Å². The van der Waals surface area contributed by atoms with Gasteiger partial charge in [-0.2, -0.15) is 5.26 Å². The molecule has 1 spiro atoms. The highest BCUT2D eigenvalue weighted by Crippen LogP contribution is 2.41. The van der Waals surface area contributed by atoms with Crippen molar-refractivity contribution in [2.75, 3.05) is 10.6 Å². The van der Waals surface area contributed by atoms with Crippen LogP contribution in [-0.4, -0.2) is 11.4 Å². The molecule has 4 nitrogen and oxygen atoms in total. The second-order valence-corrected chi connectivity index (χ2v) is 4.71. The summed E-state index contributed by atoms with van der Waals surface area (Å²) in [6.45, 7) is 0. The van der Waals surface area contributed by atoms with Crippen molar-refractivity contribution in [3.63, 3.8) is 0 Å². The smallest absolute Gasteiger partial charge is 0.250 e. The largest absolute Gasteiger partial charge is 0.369 e. The lowest BCUT2D eigenvalue weighted by Crippen LogP contribution is -2.50. The molecule has 1 amide bonds. The van der Waals surface area contributed by atoms with Crippen LogP contribution in [0.3, 0.4) is 0 Å². The highest BCUT2D eigenvalue weighted by molar-refractivity contribution is 6.07. The fourth-order valence-corrected chi connectivity index (χ4v) is 2.76. The van der Waals surface area contributed by atoms with E-state index in [9.17, 15) is 4.79 Å². The lowest BCUT2D eigenvalue weighted by molar-refractivity contribution is -0.120. The van der Waals surface area contributed by atoms with Gasteiger partial charge in [-0.15, -0.1) is 0 Å². The molecule has 0 aromatic heterocycles. The Morgan fingerprint density at radius 1 is 1.29 bits per heavy atom. The molecule has 1 aliphatic carbocycles. The van der Waals surface area contributed by atoms with Crippen LogP contribution >= 0.6 is 0 Å². The Kier molecular flexibility index (Phi) is 2.08. The van der Waals surface area contributed by atoms with Crippen LogP contribution in [0.15, 0.2) is 18.2 Å². The number of nitrogens with one attached hydrogen (secondary N) is 2. The standard InChI is InChI=1S/C13H13N3O/c14-8-9-4-3-5-10-11(9)15-12(17)13(16-10)6-1-2-7-13/h3-5,16H,1-2,6-7H2,(H,15,17). The fraction of sp³-hybridized carbons (Fsp3) is 0.385. The molecule has 0 atom stereocenters. The zero-order valence-electron chi connectivity index (χ0n) is 9.42. The number of para-hydroxylation sites is 1. The number of nitriles is 1. The minimum atomic E-state index is -0.443. The second-order valence-electron chi connectivity index (χ2n) is 4.71. The second kappa shape index (κ2) is 3.49. The van der Waals surface area contributed by atoms with Gasteiger partial charge in [-0.3, -0.25) is 4.79 Å². The van der Waals surface area contributed by atoms with Gasteiger partial charge in [-0.1, -0.05) is 18.9 Å². The Balaban J connectivity index is 2.07. The van der Waals surface area contributed by atoms with Crippen molar-refractivity contribution in [2.24, 2.45) is 0 Å². The number of fused-ring (bicyclic) bond motifs is 1. The van der Waals surface area contributed by atoms with E-state index in [1.807, 2.05) is 12.1 Å². The molecule has 0 saturated heterocycles. The molecule has 0 bridgehead atoms. The van der Waals surface area contributed by atoms with E-state index in [0.717, 1.165) is 31.4 Å². The van der Waals surface area contributed by atoms with Crippen LogP contribution in [0.25, 0.3) is 0 Å². The highest BCUT2D eigenvalue weighted by atomic mass is 16.2. The summed E-state index contributed by atoms with van der Waals surface area (Å²) >= 11 is 0. The summed E-state index contributed by atoms with van der Waals surface area (Å²) in [7, 11) is 0. The molecule has 3 rings (SSSR count). The maximum Gasteiger partial charge on any atom is 0.250 e. The number of carbonyl (C=O) groups is 1. The number of rotatable bonds is 0. The minimum absolute atomic E-state index is 0.00481. The zero-order chi connectivity index (χ0) is 11.9. The topological polar surface area (TPSA) is 64.9 Å². The third-order valence-electron chi connectivity index (χ3n) is 3.69. The molecule has 1 aromatic carbocycles. The molecule has 2 aliphatic rings. The van der Waals surface area contributed by atoms with Crippen LogP contribution in [0.1, 0.15) is 31.2 Å². The summed E-state index contributed by atoms with van der Waals surface area (Å²) in [5.74, 6) is 0.00481. The van der Waals surface area contributed by atoms with Gasteiger partial charge < -0.3 is 10.6 Å². The Labute approximate surface area is 99.6 Å². The van der Waals surface area contributed by atoms with E-state index in [4.69, 9.17) is 5.26 Å². The van der Waals surface area contributed by atoms with E-state index in [1.165, 1.54) is 0 Å². The van der Waals surface area contributed by atoms with Crippen molar-refractivity contribution in [1.29, 1.82) is 5.26 Å². The predicted molar refractivity (Wildman–Crippen MR) is 64.6 cm³/mol. The average molecular weight is 227 g/mol. The van der Waals surface area contributed by atoms with Gasteiger partial charge in [0.05, 0.1) is 16.9 Å². The number of nitrogens with zero attached hydrogens (tertiary/aromatic N) is 1. The maximum absolute atomic E-state index is 12.2. The summed E-state index contributed by atoms with van der Waals surface area (Å²) in [5.41, 5.74) is 1.56. The molecular formula is C13H13N3O.